The smallest absolute Gasteiger partial charge is 0.244 e. The Morgan fingerprint density at radius 2 is 1.15 bits per heavy atom. The van der Waals surface area contributed by atoms with E-state index >= 15 is 0 Å². The first-order chi connectivity index (χ1) is 32.0. The molecule has 0 aliphatic carbocycles. The summed E-state index contributed by atoms with van der Waals surface area (Å²) < 4.78 is 30.7. The molecule has 0 unspecified atom stereocenters. The molecule has 6 aromatic rings. The van der Waals surface area contributed by atoms with E-state index in [2.05, 4.69) is 35.3 Å². The van der Waals surface area contributed by atoms with Gasteiger partial charge in [0.15, 0.2) is 11.6 Å². The number of nitriles is 1. The van der Waals surface area contributed by atoms with E-state index in [1.807, 2.05) is 30.3 Å². The molecule has 2 fully saturated rings. The van der Waals surface area contributed by atoms with Gasteiger partial charge in [0.1, 0.15) is 48.5 Å². The normalized spacial score (nSPS) is 17.5. The number of halogens is 2. The molecule has 4 atom stereocenters. The summed E-state index contributed by atoms with van der Waals surface area (Å²) in [6.07, 6.45) is 6.03. The average molecular weight is 952 g/mol. The maximum absolute atomic E-state index is 13.9. The van der Waals surface area contributed by atoms with Gasteiger partial charge in [-0.1, -0.05) is 12.1 Å². The predicted octanol–water partition coefficient (Wildman–Crippen LogP) is 5.25. The van der Waals surface area contributed by atoms with Crippen LogP contribution in [0.25, 0.3) is 44.1 Å². The molecule has 19 nitrogen and oxygen atoms in total. The lowest BCUT2D eigenvalue weighted by Gasteiger charge is -2.23. The molecule has 2 aliphatic heterocycles. The molecule has 0 spiro atoms. The summed E-state index contributed by atoms with van der Waals surface area (Å²) in [5, 5.41) is 29.0. The summed E-state index contributed by atoms with van der Waals surface area (Å²) in [7, 11) is 0. The number of benzene rings is 2. The Morgan fingerprint density at radius 3 is 1.51 bits per heavy atom. The number of likely N-dealkylation sites (tertiary alicyclic amines) is 2. The Bertz CT molecular complexity index is 2880. The largest absolute Gasteiger partial charge is 0.411 e. The van der Waals surface area contributed by atoms with Crippen molar-refractivity contribution >= 4 is 70.8 Å². The highest BCUT2D eigenvalue weighted by Gasteiger charge is 2.37. The van der Waals surface area contributed by atoms with Gasteiger partial charge in [0, 0.05) is 98.1 Å². The minimum atomic E-state index is -1.20. The molecule has 0 saturated carbocycles. The molecule has 0 radical (unpaired) electrons. The Hall–Kier alpha value is -7.54. The highest BCUT2D eigenvalue weighted by Crippen LogP contribution is 2.30. The number of rotatable bonds is 11. The number of fused-ring (bicyclic) bond motifs is 2. The third kappa shape index (κ3) is 12.1. The Morgan fingerprint density at radius 1 is 0.750 bits per heavy atom. The number of aryl methyl sites for hydroxylation is 2. The minimum absolute atomic E-state index is 0. The van der Waals surface area contributed by atoms with Crippen molar-refractivity contribution in [3.8, 4) is 28.3 Å². The molecular weight excluding hydrogens is 901 g/mol. The zero-order valence-corrected chi connectivity index (χ0v) is 39.0. The minimum Gasteiger partial charge on any atom is -0.411 e. The molecule has 2 saturated heterocycles. The van der Waals surface area contributed by atoms with E-state index in [0.717, 1.165) is 22.3 Å². The van der Waals surface area contributed by atoms with Crippen molar-refractivity contribution < 1.29 is 38.0 Å². The van der Waals surface area contributed by atoms with Gasteiger partial charge in [0.05, 0.1) is 36.6 Å². The first-order valence-corrected chi connectivity index (χ1v) is 21.3. The second kappa shape index (κ2) is 22.8. The summed E-state index contributed by atoms with van der Waals surface area (Å²) >= 11 is 0. The lowest BCUT2D eigenvalue weighted by molar-refractivity contribution is -0.134. The monoisotopic (exact) mass is 951 g/mol. The van der Waals surface area contributed by atoms with Gasteiger partial charge in [0.2, 0.25) is 17.7 Å². The molecule has 2 aromatic carbocycles. The first kappa shape index (κ1) is 51.4. The van der Waals surface area contributed by atoms with E-state index < -0.39 is 30.3 Å². The SMILES string of the molecule is C/C=N/O.CC(=O)c1nn(CC(=O)N2C[C@H](F)C[C@H]2CC#N)c2ccc(-c3cnc(C)nc3)cc12.CC(=O)c1nn(CC(=O)N2C[C@H](F)C[C@H]2CC(N)=O)c2ccc(-c3cnc(C)nc3)cc12.S. The van der Waals surface area contributed by atoms with Crippen LogP contribution in [-0.2, 0) is 27.5 Å². The maximum Gasteiger partial charge on any atom is 0.244 e. The van der Waals surface area contributed by atoms with Crippen molar-refractivity contribution in [3.63, 3.8) is 0 Å². The lowest BCUT2D eigenvalue weighted by atomic mass is 10.0. The van der Waals surface area contributed by atoms with Gasteiger partial charge in [-0.15, -0.1) is 5.16 Å². The first-order valence-electron chi connectivity index (χ1n) is 21.3. The lowest BCUT2D eigenvalue weighted by Crippen LogP contribution is -2.40. The molecule has 8 rings (SSSR count). The second-order valence-electron chi connectivity index (χ2n) is 16.1. The van der Waals surface area contributed by atoms with Crippen LogP contribution in [0.1, 0.15) is 79.1 Å². The van der Waals surface area contributed by atoms with Crippen LogP contribution in [0.3, 0.4) is 0 Å². The molecule has 3 N–H and O–H groups in total. The fourth-order valence-corrected chi connectivity index (χ4v) is 8.05. The Labute approximate surface area is 396 Å². The van der Waals surface area contributed by atoms with E-state index in [9.17, 15) is 32.8 Å². The van der Waals surface area contributed by atoms with Crippen LogP contribution in [0.15, 0.2) is 66.3 Å². The quantitative estimate of drug-likeness (QED) is 0.0728. The van der Waals surface area contributed by atoms with Crippen LogP contribution in [0.4, 0.5) is 8.78 Å². The number of ketones is 2. The maximum atomic E-state index is 13.9. The topological polar surface area (TPSA) is 261 Å². The number of nitrogens with two attached hydrogens (primary N) is 1. The standard InChI is InChI=1S/C22H23FN6O3.C22H21FN6O2.C2H5NO.H2S/c1-12(30)22-18-5-14(15-8-25-13(2)26-9-15)3-4-19(18)29(27-22)11-21(32)28-10-16(23)6-17(28)7-20(24)31;1-13(30)22-19-7-15(16-9-25-14(2)26-10-16)3-4-20(19)29(27-22)12-21(31)28-11-17(23)8-18(28)5-6-24;1-2-3-4;/h3-5,8-9,16-17H,6-7,10-11H2,1-2H3,(H2,24,31);3-4,7,9-10,17-18H,5,8,11-12H2,1-2H3;2,4H,1H3;1H2/b;;3-2+;/t16-,17+;17-,18-;;/m11../s1. The van der Waals surface area contributed by atoms with Gasteiger partial charge in [-0.25, -0.2) is 28.7 Å². The Kier molecular flexibility index (Phi) is 17.2. The number of hydrogen-bond donors (Lipinski definition) is 2. The number of alkyl halides is 2. The van der Waals surface area contributed by atoms with E-state index in [-0.39, 0.29) is 100 Å². The molecule has 0 bridgehead atoms. The van der Waals surface area contributed by atoms with Gasteiger partial charge >= 0.3 is 0 Å². The van der Waals surface area contributed by atoms with Gasteiger partial charge in [0.25, 0.3) is 0 Å². The van der Waals surface area contributed by atoms with E-state index in [0.29, 0.717) is 33.5 Å². The third-order valence-electron chi connectivity index (χ3n) is 11.2. The van der Waals surface area contributed by atoms with Crippen molar-refractivity contribution in [2.45, 2.75) is 97.8 Å². The molecular formula is C46H51F2N13O6S. The van der Waals surface area contributed by atoms with Crippen molar-refractivity contribution in [2.24, 2.45) is 10.9 Å². The van der Waals surface area contributed by atoms with Gasteiger partial charge in [-0.3, -0.25) is 33.3 Å². The number of Topliss-reactive ketones (excluding diaryl/α,β-unsaturated/α-hetero) is 2. The highest BCUT2D eigenvalue weighted by atomic mass is 32.1. The van der Waals surface area contributed by atoms with Gasteiger partial charge in [-0.2, -0.15) is 29.0 Å². The molecule has 68 heavy (non-hydrogen) atoms. The molecule has 3 amide bonds. The fraction of sp³-hybridized carbons (Fsp3) is 0.370. The zero-order chi connectivity index (χ0) is 48.5. The van der Waals surface area contributed by atoms with Crippen LogP contribution < -0.4 is 5.73 Å². The average Bonchev–Trinajstić information content (AvgIpc) is 4.06. The van der Waals surface area contributed by atoms with Crippen molar-refractivity contribution in [2.75, 3.05) is 13.1 Å². The van der Waals surface area contributed by atoms with Crippen molar-refractivity contribution in [1.29, 1.82) is 5.26 Å². The predicted molar refractivity (Wildman–Crippen MR) is 251 cm³/mol. The molecule has 4 aromatic heterocycles. The highest BCUT2D eigenvalue weighted by molar-refractivity contribution is 7.59. The number of aromatic nitrogens is 8. The van der Waals surface area contributed by atoms with Crippen LogP contribution in [-0.4, -0.2) is 128 Å². The number of carbonyl (C=O) groups excluding carboxylic acids is 5. The Balaban J connectivity index is 0.000000233. The summed E-state index contributed by atoms with van der Waals surface area (Å²) in [4.78, 5) is 81.1. The summed E-state index contributed by atoms with van der Waals surface area (Å²) in [6.45, 7) is 7.63. The van der Waals surface area contributed by atoms with Crippen LogP contribution >= 0.6 is 13.5 Å². The molecule has 6 heterocycles. The summed E-state index contributed by atoms with van der Waals surface area (Å²) in [5.74, 6) is -0.443. The number of oxime groups is 1. The molecule has 2 aliphatic rings. The number of hydrogen-bond acceptors (Lipinski definition) is 14. The summed E-state index contributed by atoms with van der Waals surface area (Å²) in [5.41, 5.74) is 10.2. The fourth-order valence-electron chi connectivity index (χ4n) is 8.05. The number of nitrogens with zero attached hydrogens (tertiary/aromatic N) is 12. The number of carbonyl (C=O) groups is 5. The van der Waals surface area contributed by atoms with Crippen molar-refractivity contribution in [1.82, 2.24) is 49.3 Å². The molecule has 22 heteroatoms. The van der Waals surface area contributed by atoms with Gasteiger partial charge in [-0.05, 0) is 56.2 Å². The van der Waals surface area contributed by atoms with Crippen molar-refractivity contribution in [3.05, 3.63) is 84.2 Å². The van der Waals surface area contributed by atoms with E-state index in [1.165, 1.54) is 39.2 Å². The van der Waals surface area contributed by atoms with E-state index in [4.69, 9.17) is 16.2 Å². The van der Waals surface area contributed by atoms with Gasteiger partial charge < -0.3 is 20.7 Å². The van der Waals surface area contributed by atoms with Crippen LogP contribution in [0.5, 0.6) is 0 Å². The summed E-state index contributed by atoms with van der Waals surface area (Å²) in [6, 6.07) is 11.9. The van der Waals surface area contributed by atoms with Crippen LogP contribution in [0, 0.1) is 25.2 Å². The molecule has 356 valence electrons. The number of amides is 3. The zero-order valence-electron chi connectivity index (χ0n) is 38.0. The second-order valence-corrected chi connectivity index (χ2v) is 16.1. The van der Waals surface area contributed by atoms with Crippen LogP contribution in [0.2, 0.25) is 0 Å². The number of primary amides is 1. The van der Waals surface area contributed by atoms with E-state index in [1.54, 1.807) is 57.7 Å². The third-order valence-corrected chi connectivity index (χ3v) is 11.2.